The average molecular weight is 242 g/mol. The summed E-state index contributed by atoms with van der Waals surface area (Å²) in [6, 6.07) is 0. The lowest BCUT2D eigenvalue weighted by Crippen LogP contribution is -2.47. The lowest BCUT2D eigenvalue weighted by Gasteiger charge is -2.28. The zero-order chi connectivity index (χ0) is 13.3. The second-order valence-electron chi connectivity index (χ2n) is 6.62. The fraction of sp³-hybridized carbons (Fsp3) is 0.923. The quantitative estimate of drug-likeness (QED) is 0.785. The zero-order valence-corrected chi connectivity index (χ0v) is 11.5. The SMILES string of the molecule is CC(N)(CCN1CCC(C(C)(C)C)C1)C(=O)O. The number of hydrogen-bond donors (Lipinski definition) is 2. The fourth-order valence-electron chi connectivity index (χ4n) is 2.24. The van der Waals surface area contributed by atoms with Crippen LogP contribution in [0.2, 0.25) is 0 Å². The summed E-state index contributed by atoms with van der Waals surface area (Å²) in [6.07, 6.45) is 1.72. The molecule has 1 fully saturated rings. The third-order valence-electron chi connectivity index (χ3n) is 3.93. The van der Waals surface area contributed by atoms with E-state index < -0.39 is 11.5 Å². The van der Waals surface area contributed by atoms with E-state index in [-0.39, 0.29) is 0 Å². The van der Waals surface area contributed by atoms with Crippen LogP contribution in [0.4, 0.5) is 0 Å². The van der Waals surface area contributed by atoms with Crippen LogP contribution in [-0.4, -0.2) is 41.1 Å². The van der Waals surface area contributed by atoms with Gasteiger partial charge in [-0.2, -0.15) is 0 Å². The molecule has 3 N–H and O–H groups in total. The highest BCUT2D eigenvalue weighted by atomic mass is 16.4. The molecule has 2 unspecified atom stereocenters. The van der Waals surface area contributed by atoms with Crippen molar-refractivity contribution < 1.29 is 9.90 Å². The molecule has 0 aromatic rings. The molecule has 1 rings (SSSR count). The predicted molar refractivity (Wildman–Crippen MR) is 68.8 cm³/mol. The first-order chi connectivity index (χ1) is 7.63. The fourth-order valence-corrected chi connectivity index (χ4v) is 2.24. The standard InChI is InChI=1S/C13H26N2O2/c1-12(2,3)10-5-7-15(9-10)8-6-13(4,14)11(16)17/h10H,5-9,14H2,1-4H3,(H,16,17). The number of carboxylic acids is 1. The van der Waals surface area contributed by atoms with Crippen molar-refractivity contribution in [3.63, 3.8) is 0 Å². The highest BCUT2D eigenvalue weighted by molar-refractivity contribution is 5.77. The minimum atomic E-state index is -1.10. The molecule has 1 heterocycles. The van der Waals surface area contributed by atoms with Crippen LogP contribution in [0.15, 0.2) is 0 Å². The number of carbonyl (C=O) groups is 1. The van der Waals surface area contributed by atoms with Crippen molar-refractivity contribution in [1.82, 2.24) is 4.90 Å². The van der Waals surface area contributed by atoms with Gasteiger partial charge in [-0.25, -0.2) is 0 Å². The minimum Gasteiger partial charge on any atom is -0.480 e. The van der Waals surface area contributed by atoms with Gasteiger partial charge in [0.2, 0.25) is 0 Å². The lowest BCUT2D eigenvalue weighted by atomic mass is 9.80. The van der Waals surface area contributed by atoms with Crippen molar-refractivity contribution in [2.75, 3.05) is 19.6 Å². The van der Waals surface area contributed by atoms with Crippen LogP contribution < -0.4 is 5.73 Å². The number of rotatable bonds is 4. The molecule has 100 valence electrons. The third kappa shape index (κ3) is 3.96. The van der Waals surface area contributed by atoms with E-state index >= 15 is 0 Å². The summed E-state index contributed by atoms with van der Waals surface area (Å²) in [5.74, 6) is -0.208. The third-order valence-corrected chi connectivity index (χ3v) is 3.93. The molecule has 1 aliphatic rings. The maximum Gasteiger partial charge on any atom is 0.323 e. The highest BCUT2D eigenvalue weighted by Gasteiger charge is 2.33. The summed E-state index contributed by atoms with van der Waals surface area (Å²) in [4.78, 5) is 13.2. The van der Waals surface area contributed by atoms with Crippen LogP contribution >= 0.6 is 0 Å². The normalized spacial score (nSPS) is 25.8. The molecule has 1 saturated heterocycles. The minimum absolute atomic E-state index is 0.341. The van der Waals surface area contributed by atoms with Crippen molar-refractivity contribution in [1.29, 1.82) is 0 Å². The molecule has 2 atom stereocenters. The predicted octanol–water partition coefficient (Wildman–Crippen LogP) is 1.55. The van der Waals surface area contributed by atoms with Crippen molar-refractivity contribution in [3.05, 3.63) is 0 Å². The van der Waals surface area contributed by atoms with E-state index in [0.29, 0.717) is 17.8 Å². The summed E-state index contributed by atoms with van der Waals surface area (Å²) in [6.45, 7) is 11.3. The first kappa shape index (κ1) is 14.5. The lowest BCUT2D eigenvalue weighted by molar-refractivity contribution is -0.143. The van der Waals surface area contributed by atoms with E-state index in [1.54, 1.807) is 6.92 Å². The Kier molecular flexibility index (Phi) is 4.20. The molecule has 0 bridgehead atoms. The first-order valence-electron chi connectivity index (χ1n) is 6.37. The van der Waals surface area contributed by atoms with Gasteiger partial charge in [0.15, 0.2) is 0 Å². The van der Waals surface area contributed by atoms with Crippen LogP contribution in [0.1, 0.15) is 40.5 Å². The number of likely N-dealkylation sites (tertiary alicyclic amines) is 1. The van der Waals surface area contributed by atoms with E-state index in [1.807, 2.05) is 0 Å². The Morgan fingerprint density at radius 3 is 2.41 bits per heavy atom. The van der Waals surface area contributed by atoms with Crippen molar-refractivity contribution in [2.24, 2.45) is 17.1 Å². The Morgan fingerprint density at radius 2 is 2.00 bits per heavy atom. The number of aliphatic carboxylic acids is 1. The summed E-state index contributed by atoms with van der Waals surface area (Å²) >= 11 is 0. The number of nitrogens with zero attached hydrogens (tertiary/aromatic N) is 1. The van der Waals surface area contributed by atoms with Crippen LogP contribution in [0.5, 0.6) is 0 Å². The topological polar surface area (TPSA) is 66.6 Å². The summed E-state index contributed by atoms with van der Waals surface area (Å²) < 4.78 is 0. The van der Waals surface area contributed by atoms with E-state index in [4.69, 9.17) is 10.8 Å². The van der Waals surface area contributed by atoms with E-state index in [2.05, 4.69) is 25.7 Å². The molecule has 0 aliphatic carbocycles. The van der Waals surface area contributed by atoms with Crippen molar-refractivity contribution >= 4 is 5.97 Å². The number of hydrogen-bond acceptors (Lipinski definition) is 3. The Hall–Kier alpha value is -0.610. The molecule has 0 aromatic carbocycles. The molecule has 1 aliphatic heterocycles. The van der Waals surface area contributed by atoms with Gasteiger partial charge >= 0.3 is 5.97 Å². The van der Waals surface area contributed by atoms with Crippen molar-refractivity contribution in [2.45, 2.75) is 46.1 Å². The zero-order valence-electron chi connectivity index (χ0n) is 11.5. The number of nitrogens with two attached hydrogens (primary N) is 1. The van der Waals surface area contributed by atoms with Gasteiger partial charge in [0, 0.05) is 13.1 Å². The Bertz CT molecular complexity index is 282. The first-order valence-corrected chi connectivity index (χ1v) is 6.37. The van der Waals surface area contributed by atoms with Gasteiger partial charge in [-0.15, -0.1) is 0 Å². The molecular weight excluding hydrogens is 216 g/mol. The summed E-state index contributed by atoms with van der Waals surface area (Å²) in [5.41, 5.74) is 4.98. The van der Waals surface area contributed by atoms with Crippen LogP contribution in [0.25, 0.3) is 0 Å². The van der Waals surface area contributed by atoms with E-state index in [9.17, 15) is 4.79 Å². The smallest absolute Gasteiger partial charge is 0.323 e. The molecule has 0 aromatic heterocycles. The maximum absolute atomic E-state index is 10.9. The molecular formula is C13H26N2O2. The van der Waals surface area contributed by atoms with Gasteiger partial charge < -0.3 is 15.7 Å². The van der Waals surface area contributed by atoms with Gasteiger partial charge in [-0.3, -0.25) is 4.79 Å². The van der Waals surface area contributed by atoms with Crippen LogP contribution in [-0.2, 0) is 4.79 Å². The highest BCUT2D eigenvalue weighted by Crippen LogP contribution is 2.33. The molecule has 17 heavy (non-hydrogen) atoms. The number of carboxylic acid groups (broad SMARTS) is 1. The molecule has 4 nitrogen and oxygen atoms in total. The maximum atomic E-state index is 10.9. The molecule has 0 amide bonds. The molecule has 0 saturated carbocycles. The Balaban J connectivity index is 2.39. The van der Waals surface area contributed by atoms with Gasteiger partial charge in [-0.05, 0) is 37.6 Å². The van der Waals surface area contributed by atoms with Crippen LogP contribution in [0.3, 0.4) is 0 Å². The average Bonchev–Trinajstić information content (AvgIpc) is 2.62. The molecule has 0 spiro atoms. The van der Waals surface area contributed by atoms with E-state index in [1.165, 1.54) is 6.42 Å². The van der Waals surface area contributed by atoms with Crippen molar-refractivity contribution in [3.8, 4) is 0 Å². The molecule has 4 heteroatoms. The van der Waals surface area contributed by atoms with Crippen LogP contribution in [0, 0.1) is 11.3 Å². The Labute approximate surface area is 104 Å². The van der Waals surface area contributed by atoms with E-state index in [0.717, 1.165) is 19.6 Å². The monoisotopic (exact) mass is 242 g/mol. The van der Waals surface area contributed by atoms with Gasteiger partial charge in [0.05, 0.1) is 0 Å². The van der Waals surface area contributed by atoms with Gasteiger partial charge in [0.25, 0.3) is 0 Å². The summed E-state index contributed by atoms with van der Waals surface area (Å²) in [7, 11) is 0. The Morgan fingerprint density at radius 1 is 1.41 bits per heavy atom. The molecule has 0 radical (unpaired) electrons. The van der Waals surface area contributed by atoms with Gasteiger partial charge in [0.1, 0.15) is 5.54 Å². The second-order valence-corrected chi connectivity index (χ2v) is 6.62. The second kappa shape index (κ2) is 4.94. The summed E-state index contributed by atoms with van der Waals surface area (Å²) in [5, 5.41) is 8.95. The largest absolute Gasteiger partial charge is 0.480 e. The van der Waals surface area contributed by atoms with Gasteiger partial charge in [-0.1, -0.05) is 20.8 Å².